The molecule has 66 valence electrons. The second-order valence-electron chi connectivity index (χ2n) is 2.75. The Bertz CT molecular complexity index is 213. The maximum absolute atomic E-state index is 9.17. The molecule has 0 saturated heterocycles. The van der Waals surface area contributed by atoms with Gasteiger partial charge in [-0.2, -0.15) is 0 Å². The number of hydrogen-bond donors (Lipinski definition) is 2. The van der Waals surface area contributed by atoms with Crippen molar-refractivity contribution in [3.8, 4) is 0 Å². The van der Waals surface area contributed by atoms with Gasteiger partial charge in [-0.15, -0.1) is 0 Å². The number of aliphatic hydroxyl groups excluding tert-OH is 1. The van der Waals surface area contributed by atoms with E-state index in [1.807, 2.05) is 18.2 Å². The quantitative estimate of drug-likeness (QED) is 0.677. The van der Waals surface area contributed by atoms with Gasteiger partial charge >= 0.3 is 0 Å². The van der Waals surface area contributed by atoms with E-state index in [0.717, 1.165) is 12.1 Å². The maximum Gasteiger partial charge on any atom is 0.0666 e. The van der Waals surface area contributed by atoms with Crippen LogP contribution < -0.4 is 5.73 Å². The Morgan fingerprint density at radius 1 is 1.50 bits per heavy atom. The fourth-order valence-corrected chi connectivity index (χ4v) is 0.978. The van der Waals surface area contributed by atoms with Crippen molar-refractivity contribution in [3.63, 3.8) is 0 Å². The second-order valence-corrected chi connectivity index (χ2v) is 2.75. The zero-order valence-electron chi connectivity index (χ0n) is 6.98. The number of hydrogen-bond acceptors (Lipinski definition) is 3. The minimum absolute atomic E-state index is 0.326. The average Bonchev–Trinajstić information content (AvgIpc) is 2.16. The van der Waals surface area contributed by atoms with E-state index >= 15 is 0 Å². The summed E-state index contributed by atoms with van der Waals surface area (Å²) in [6.07, 6.45) is 2.84. The average molecular weight is 166 g/mol. The third kappa shape index (κ3) is 2.98. The lowest BCUT2D eigenvalue weighted by Crippen LogP contribution is -2.20. The monoisotopic (exact) mass is 166 g/mol. The molecule has 0 aliphatic carbocycles. The second kappa shape index (κ2) is 4.85. The Balaban J connectivity index is 2.33. The van der Waals surface area contributed by atoms with Crippen LogP contribution >= 0.6 is 0 Å². The highest BCUT2D eigenvalue weighted by Crippen LogP contribution is 2.00. The Hall–Kier alpha value is -0.930. The van der Waals surface area contributed by atoms with Crippen molar-refractivity contribution >= 4 is 0 Å². The summed E-state index contributed by atoms with van der Waals surface area (Å²) in [6.45, 7) is 0.326. The van der Waals surface area contributed by atoms with Gasteiger partial charge in [0.2, 0.25) is 0 Å². The van der Waals surface area contributed by atoms with Crippen LogP contribution in [-0.2, 0) is 6.42 Å². The minimum Gasteiger partial charge on any atom is -0.392 e. The molecule has 3 nitrogen and oxygen atoms in total. The van der Waals surface area contributed by atoms with Crippen LogP contribution in [0, 0.1) is 0 Å². The molecule has 0 fully saturated rings. The number of aryl methyl sites for hydroxylation is 1. The van der Waals surface area contributed by atoms with Gasteiger partial charge in [-0.3, -0.25) is 4.98 Å². The maximum atomic E-state index is 9.17. The van der Waals surface area contributed by atoms with Crippen molar-refractivity contribution in [2.75, 3.05) is 6.54 Å². The van der Waals surface area contributed by atoms with Gasteiger partial charge in [0.25, 0.3) is 0 Å². The Kier molecular flexibility index (Phi) is 3.70. The topological polar surface area (TPSA) is 59.1 Å². The number of nitrogens with two attached hydrogens (primary N) is 1. The summed E-state index contributed by atoms with van der Waals surface area (Å²) in [5.41, 5.74) is 6.27. The number of pyridine rings is 1. The molecule has 3 heteroatoms. The molecule has 0 saturated carbocycles. The Morgan fingerprint density at radius 2 is 2.33 bits per heavy atom. The first-order chi connectivity index (χ1) is 5.83. The summed E-state index contributed by atoms with van der Waals surface area (Å²) in [4.78, 5) is 4.13. The van der Waals surface area contributed by atoms with Crippen molar-refractivity contribution < 1.29 is 5.11 Å². The molecule has 1 heterocycles. The normalized spacial score (nSPS) is 12.8. The van der Waals surface area contributed by atoms with Crippen molar-refractivity contribution in [1.82, 2.24) is 4.98 Å². The van der Waals surface area contributed by atoms with Crippen molar-refractivity contribution in [1.29, 1.82) is 0 Å². The van der Waals surface area contributed by atoms with E-state index in [1.165, 1.54) is 0 Å². The van der Waals surface area contributed by atoms with Gasteiger partial charge in [0, 0.05) is 18.4 Å². The molecular weight excluding hydrogens is 152 g/mol. The van der Waals surface area contributed by atoms with Gasteiger partial charge in [0.1, 0.15) is 0 Å². The van der Waals surface area contributed by atoms with E-state index in [2.05, 4.69) is 4.98 Å². The molecule has 0 aliphatic heterocycles. The predicted molar refractivity (Wildman–Crippen MR) is 47.6 cm³/mol. The smallest absolute Gasteiger partial charge is 0.0666 e. The van der Waals surface area contributed by atoms with Gasteiger partial charge < -0.3 is 10.8 Å². The molecule has 0 radical (unpaired) electrons. The lowest BCUT2D eigenvalue weighted by atomic mass is 10.1. The van der Waals surface area contributed by atoms with Crippen LogP contribution in [0.1, 0.15) is 12.1 Å². The first kappa shape index (κ1) is 9.16. The number of nitrogens with zero attached hydrogens (tertiary/aromatic N) is 1. The lowest BCUT2D eigenvalue weighted by molar-refractivity contribution is 0.173. The summed E-state index contributed by atoms with van der Waals surface area (Å²) < 4.78 is 0. The van der Waals surface area contributed by atoms with Crippen LogP contribution in [0.4, 0.5) is 0 Å². The van der Waals surface area contributed by atoms with Gasteiger partial charge in [-0.25, -0.2) is 0 Å². The van der Waals surface area contributed by atoms with Gasteiger partial charge in [0.05, 0.1) is 6.10 Å². The molecule has 0 aromatic carbocycles. The number of rotatable bonds is 4. The van der Waals surface area contributed by atoms with Gasteiger partial charge in [-0.1, -0.05) is 6.07 Å². The van der Waals surface area contributed by atoms with E-state index in [1.54, 1.807) is 6.20 Å². The molecule has 0 spiro atoms. The summed E-state index contributed by atoms with van der Waals surface area (Å²) in [5, 5.41) is 9.17. The third-order valence-corrected chi connectivity index (χ3v) is 1.73. The minimum atomic E-state index is -0.396. The molecule has 3 N–H and O–H groups in total. The number of aromatic nitrogens is 1. The van der Waals surface area contributed by atoms with E-state index < -0.39 is 6.10 Å². The van der Waals surface area contributed by atoms with E-state index in [0.29, 0.717) is 13.0 Å². The highest BCUT2D eigenvalue weighted by atomic mass is 16.3. The summed E-state index contributed by atoms with van der Waals surface area (Å²) in [6, 6.07) is 5.77. The molecule has 0 bridgehead atoms. The fourth-order valence-electron chi connectivity index (χ4n) is 0.978. The highest BCUT2D eigenvalue weighted by Gasteiger charge is 2.01. The highest BCUT2D eigenvalue weighted by molar-refractivity contribution is 5.03. The zero-order valence-corrected chi connectivity index (χ0v) is 6.98. The van der Waals surface area contributed by atoms with E-state index in [9.17, 15) is 0 Å². The van der Waals surface area contributed by atoms with Crippen LogP contribution in [0.2, 0.25) is 0 Å². The van der Waals surface area contributed by atoms with Crippen LogP contribution in [0.3, 0.4) is 0 Å². The lowest BCUT2D eigenvalue weighted by Gasteiger charge is -2.05. The molecule has 1 rings (SSSR count). The van der Waals surface area contributed by atoms with Gasteiger partial charge in [0.15, 0.2) is 0 Å². The van der Waals surface area contributed by atoms with Gasteiger partial charge in [-0.05, 0) is 25.0 Å². The Labute approximate surface area is 72.2 Å². The Morgan fingerprint density at radius 3 is 2.92 bits per heavy atom. The molecule has 1 aromatic rings. The van der Waals surface area contributed by atoms with Crippen LogP contribution in [0.5, 0.6) is 0 Å². The molecule has 12 heavy (non-hydrogen) atoms. The summed E-state index contributed by atoms with van der Waals surface area (Å²) in [5.74, 6) is 0. The van der Waals surface area contributed by atoms with Crippen LogP contribution in [0.25, 0.3) is 0 Å². The van der Waals surface area contributed by atoms with E-state index in [-0.39, 0.29) is 0 Å². The van der Waals surface area contributed by atoms with Crippen molar-refractivity contribution in [3.05, 3.63) is 30.1 Å². The summed E-state index contributed by atoms with van der Waals surface area (Å²) >= 11 is 0. The third-order valence-electron chi connectivity index (χ3n) is 1.73. The summed E-state index contributed by atoms with van der Waals surface area (Å²) in [7, 11) is 0. The van der Waals surface area contributed by atoms with Crippen LogP contribution in [0.15, 0.2) is 24.4 Å². The largest absolute Gasteiger partial charge is 0.392 e. The standard InChI is InChI=1S/C9H14N2O/c10-7-9(12)5-4-8-3-1-2-6-11-8/h1-3,6,9,12H,4-5,7,10H2. The van der Waals surface area contributed by atoms with E-state index in [4.69, 9.17) is 10.8 Å². The van der Waals surface area contributed by atoms with Crippen molar-refractivity contribution in [2.45, 2.75) is 18.9 Å². The molecule has 0 aliphatic rings. The molecule has 0 amide bonds. The molecule has 1 aromatic heterocycles. The fraction of sp³-hybridized carbons (Fsp3) is 0.444. The van der Waals surface area contributed by atoms with Crippen LogP contribution in [-0.4, -0.2) is 22.7 Å². The van der Waals surface area contributed by atoms with Crippen molar-refractivity contribution in [2.24, 2.45) is 5.73 Å². The first-order valence-corrected chi connectivity index (χ1v) is 4.11. The predicted octanol–water partition coefficient (Wildman–Crippen LogP) is 0.334. The first-order valence-electron chi connectivity index (χ1n) is 4.11. The molecular formula is C9H14N2O. The SMILES string of the molecule is NCC(O)CCc1ccccn1. The molecule has 1 unspecified atom stereocenters. The number of aliphatic hydroxyl groups is 1. The molecule has 1 atom stereocenters. The zero-order chi connectivity index (χ0) is 8.81.